The van der Waals surface area contributed by atoms with Crippen LogP contribution in [0, 0.1) is 18.3 Å². The van der Waals surface area contributed by atoms with Crippen LogP contribution in [0.1, 0.15) is 43.0 Å². The third-order valence-corrected chi connectivity index (χ3v) is 8.91. The van der Waals surface area contributed by atoms with Crippen molar-refractivity contribution in [3.8, 4) is 17.6 Å². The number of benzene rings is 1. The molecule has 0 radical (unpaired) electrons. The van der Waals surface area contributed by atoms with Crippen molar-refractivity contribution in [2.45, 2.75) is 63.8 Å². The second-order valence-corrected chi connectivity index (χ2v) is 11.0. The van der Waals surface area contributed by atoms with Crippen molar-refractivity contribution in [1.29, 1.82) is 5.26 Å². The van der Waals surface area contributed by atoms with Gasteiger partial charge in [-0.25, -0.2) is 0 Å². The van der Waals surface area contributed by atoms with E-state index in [1.54, 1.807) is 21.1 Å². The molecule has 0 saturated carbocycles. The van der Waals surface area contributed by atoms with E-state index in [0.717, 1.165) is 16.7 Å². The van der Waals surface area contributed by atoms with Crippen LogP contribution in [0.4, 0.5) is 0 Å². The largest absolute Gasteiger partial charge is 0.493 e. The highest BCUT2D eigenvalue weighted by Gasteiger charge is 2.58. The normalized spacial score (nSPS) is 27.5. The van der Waals surface area contributed by atoms with E-state index in [-0.39, 0.29) is 66.7 Å². The maximum absolute atomic E-state index is 13.8. The number of nitrogens with one attached hydrogen (secondary N) is 1. The summed E-state index contributed by atoms with van der Waals surface area (Å²) in [6, 6.07) is 2.37. The fourth-order valence-electron chi connectivity index (χ4n) is 7.29. The van der Waals surface area contributed by atoms with Gasteiger partial charge in [-0.15, -0.1) is 0 Å². The van der Waals surface area contributed by atoms with Crippen molar-refractivity contribution < 1.29 is 33.3 Å². The molecular weight excluding hydrogens is 528 g/mol. The first-order valence-corrected chi connectivity index (χ1v) is 13.6. The number of aryl methyl sites for hydroxylation is 1. The van der Waals surface area contributed by atoms with Gasteiger partial charge in [-0.2, -0.15) is 5.26 Å². The smallest absolute Gasteiger partial charge is 0.226 e. The summed E-state index contributed by atoms with van der Waals surface area (Å²) in [5, 5.41) is 13.4. The minimum Gasteiger partial charge on any atom is -0.493 e. The van der Waals surface area contributed by atoms with Crippen molar-refractivity contribution in [3.63, 3.8) is 0 Å². The summed E-state index contributed by atoms with van der Waals surface area (Å²) in [6.07, 6.45) is 0.802. The zero-order chi connectivity index (χ0) is 29.7. The Morgan fingerprint density at radius 1 is 1.10 bits per heavy atom. The fourth-order valence-corrected chi connectivity index (χ4v) is 7.29. The Labute approximate surface area is 239 Å². The standard InChI is InChI=1S/C30H36N4O7/c1-14-8-17-9-19-21(11-31)34-20(25(33(19)4)23(17)30(28(14)39-6)41-13-38-5)10-18-24(22(34)12-32-16(3)35)27(37)29(40-7)15(2)26(18)36/h8,19-22,25H,9-10,12-13H2,1-7H3,(H,32,35)/t19?,20?,21-,22?,25?/m0/s1. The molecule has 0 aromatic heterocycles. The number of nitrogens with zero attached hydrogens (tertiary/aromatic N) is 3. The molecule has 5 atom stereocenters. The van der Waals surface area contributed by atoms with Gasteiger partial charge >= 0.3 is 0 Å². The van der Waals surface area contributed by atoms with Gasteiger partial charge in [0.15, 0.2) is 29.8 Å². The predicted octanol–water partition coefficient (Wildman–Crippen LogP) is 1.74. The molecule has 2 bridgehead atoms. The van der Waals surface area contributed by atoms with Gasteiger partial charge in [0, 0.05) is 54.9 Å². The number of allylic oxidation sites excluding steroid dienone is 2. The molecular formula is C30H36N4O7. The van der Waals surface area contributed by atoms with Gasteiger partial charge in [-0.3, -0.25) is 24.2 Å². The number of methoxy groups -OCH3 is 3. The van der Waals surface area contributed by atoms with E-state index in [0.29, 0.717) is 29.1 Å². The third-order valence-electron chi connectivity index (χ3n) is 8.91. The molecule has 1 aliphatic carbocycles. The van der Waals surface area contributed by atoms with Gasteiger partial charge in [-0.1, -0.05) is 6.07 Å². The monoisotopic (exact) mass is 564 g/mol. The maximum atomic E-state index is 13.8. The molecule has 1 aromatic carbocycles. The van der Waals surface area contributed by atoms with E-state index in [1.165, 1.54) is 14.0 Å². The number of fused-ring (bicyclic) bond motifs is 6. The van der Waals surface area contributed by atoms with Crippen LogP contribution in [0.3, 0.4) is 0 Å². The summed E-state index contributed by atoms with van der Waals surface area (Å²) >= 11 is 0. The predicted molar refractivity (Wildman–Crippen MR) is 147 cm³/mol. The van der Waals surface area contributed by atoms with Crippen LogP contribution in [-0.4, -0.2) is 93.2 Å². The minimum absolute atomic E-state index is 0.00339. The third kappa shape index (κ3) is 4.33. The van der Waals surface area contributed by atoms with Crippen LogP contribution in [0.15, 0.2) is 28.5 Å². The van der Waals surface area contributed by atoms with Crippen LogP contribution in [0.2, 0.25) is 0 Å². The topological polar surface area (TPSA) is 130 Å². The first-order valence-electron chi connectivity index (χ1n) is 13.6. The summed E-state index contributed by atoms with van der Waals surface area (Å²) in [5.74, 6) is 0.262. The Kier molecular flexibility index (Phi) is 7.68. The van der Waals surface area contributed by atoms with E-state index in [4.69, 9.17) is 18.9 Å². The number of hydrogen-bond acceptors (Lipinski definition) is 10. The van der Waals surface area contributed by atoms with Gasteiger partial charge in [-0.05, 0) is 44.9 Å². The molecule has 5 rings (SSSR count). The van der Waals surface area contributed by atoms with Crippen LogP contribution >= 0.6 is 0 Å². The van der Waals surface area contributed by atoms with Gasteiger partial charge in [0.05, 0.1) is 32.4 Å². The molecule has 1 N–H and O–H groups in total. The molecule has 41 heavy (non-hydrogen) atoms. The Morgan fingerprint density at radius 3 is 2.44 bits per heavy atom. The lowest BCUT2D eigenvalue weighted by molar-refractivity contribution is -0.124. The first-order chi connectivity index (χ1) is 19.6. The van der Waals surface area contributed by atoms with Crippen LogP contribution in [0.5, 0.6) is 11.5 Å². The second-order valence-electron chi connectivity index (χ2n) is 11.0. The fraction of sp³-hybridized carbons (Fsp3) is 0.533. The number of carbonyl (C=O) groups excluding carboxylic acids is 3. The molecule has 1 saturated heterocycles. The van der Waals surface area contributed by atoms with Crippen LogP contribution in [-0.2, 0) is 30.3 Å². The van der Waals surface area contributed by atoms with Crippen molar-refractivity contribution in [2.24, 2.45) is 0 Å². The van der Waals surface area contributed by atoms with Crippen molar-refractivity contribution in [2.75, 3.05) is 41.7 Å². The summed E-state index contributed by atoms with van der Waals surface area (Å²) in [4.78, 5) is 43.9. The lowest BCUT2D eigenvalue weighted by atomic mass is 9.69. The van der Waals surface area contributed by atoms with Gasteiger partial charge < -0.3 is 24.3 Å². The Bertz CT molecular complexity index is 1420. The van der Waals surface area contributed by atoms with Crippen molar-refractivity contribution in [1.82, 2.24) is 15.1 Å². The van der Waals surface area contributed by atoms with E-state index >= 15 is 0 Å². The van der Waals surface area contributed by atoms with Gasteiger partial charge in [0.25, 0.3) is 0 Å². The SMILES string of the molecule is COCOc1c(OC)c(C)cc2c1C1C3CC4=C(C(=O)C(OC)=C(C)C4=O)C(CNC(C)=O)N3[C@@H](C#N)C(C2)N1C. The van der Waals surface area contributed by atoms with Crippen LogP contribution in [0.25, 0.3) is 0 Å². The molecule has 4 unspecified atom stereocenters. The Hall–Kier alpha value is -3.72. The quantitative estimate of drug-likeness (QED) is 0.386. The zero-order valence-electron chi connectivity index (χ0n) is 24.5. The highest BCUT2D eigenvalue weighted by Crippen LogP contribution is 2.54. The Balaban J connectivity index is 1.75. The molecule has 4 aliphatic rings. The highest BCUT2D eigenvalue weighted by atomic mass is 16.7. The number of carbonyl (C=O) groups is 3. The number of ether oxygens (including phenoxy) is 4. The molecule has 3 heterocycles. The number of Topliss-reactive ketones (excluding diaryl/α,β-unsaturated/α-hetero) is 2. The zero-order valence-corrected chi connectivity index (χ0v) is 24.5. The number of likely N-dealkylation sites (N-methyl/N-ethyl adjacent to an activating group) is 1. The van der Waals surface area contributed by atoms with Gasteiger partial charge in [0.1, 0.15) is 6.04 Å². The number of ketones is 2. The molecule has 0 spiro atoms. The number of hydrogen-bond donors (Lipinski definition) is 1. The first kappa shape index (κ1) is 28.8. The molecule has 11 nitrogen and oxygen atoms in total. The van der Waals surface area contributed by atoms with Crippen molar-refractivity contribution >= 4 is 17.5 Å². The lowest BCUT2D eigenvalue weighted by Gasteiger charge is -2.60. The number of piperazine rings is 1. The lowest BCUT2D eigenvalue weighted by Crippen LogP contribution is -2.71. The number of nitriles is 1. The van der Waals surface area contributed by atoms with Crippen LogP contribution < -0.4 is 14.8 Å². The molecule has 1 fully saturated rings. The average Bonchev–Trinajstić information content (AvgIpc) is 2.93. The molecule has 11 heteroatoms. The summed E-state index contributed by atoms with van der Waals surface area (Å²) in [6.45, 7) is 5.03. The van der Waals surface area contributed by atoms with E-state index < -0.39 is 12.1 Å². The molecule has 1 aromatic rings. The minimum atomic E-state index is -0.706. The van der Waals surface area contributed by atoms with Gasteiger partial charge in [0.2, 0.25) is 11.7 Å². The number of rotatable bonds is 7. The number of amides is 1. The molecule has 218 valence electrons. The van der Waals surface area contributed by atoms with Crippen molar-refractivity contribution in [3.05, 3.63) is 45.2 Å². The summed E-state index contributed by atoms with van der Waals surface area (Å²) in [5.41, 5.74) is 3.82. The van der Waals surface area contributed by atoms with E-state index in [2.05, 4.69) is 22.4 Å². The molecule has 3 aliphatic heterocycles. The second kappa shape index (κ2) is 10.9. The van der Waals surface area contributed by atoms with E-state index in [9.17, 15) is 19.6 Å². The average molecular weight is 565 g/mol. The van der Waals surface area contributed by atoms with E-state index in [1.807, 2.05) is 18.9 Å². The summed E-state index contributed by atoms with van der Waals surface area (Å²) < 4.78 is 22.6. The Morgan fingerprint density at radius 2 is 1.83 bits per heavy atom. The summed E-state index contributed by atoms with van der Waals surface area (Å²) in [7, 11) is 6.50. The highest BCUT2D eigenvalue weighted by molar-refractivity contribution is 6.25. The maximum Gasteiger partial charge on any atom is 0.226 e. The molecule has 1 amide bonds.